The summed E-state index contributed by atoms with van der Waals surface area (Å²) in [5.41, 5.74) is 7.67. The van der Waals surface area contributed by atoms with E-state index in [0.29, 0.717) is 37.0 Å². The molecule has 0 unspecified atom stereocenters. The fourth-order valence-corrected chi connectivity index (χ4v) is 8.20. The van der Waals surface area contributed by atoms with E-state index in [9.17, 15) is 9.00 Å². The van der Waals surface area contributed by atoms with Crippen LogP contribution in [0, 0.1) is 12.8 Å². The molecular formula is C43H54N4O5S. The van der Waals surface area contributed by atoms with E-state index in [1.165, 1.54) is 0 Å². The number of carbonyl (C=O) groups is 1. The van der Waals surface area contributed by atoms with Crippen LogP contribution in [-0.4, -0.2) is 65.8 Å². The average molecular weight is 739 g/mol. The van der Waals surface area contributed by atoms with Crippen LogP contribution >= 0.6 is 0 Å². The van der Waals surface area contributed by atoms with Crippen molar-refractivity contribution in [2.75, 3.05) is 56.3 Å². The van der Waals surface area contributed by atoms with Crippen molar-refractivity contribution in [3.8, 4) is 16.9 Å². The summed E-state index contributed by atoms with van der Waals surface area (Å²) < 4.78 is 32.5. The van der Waals surface area contributed by atoms with Crippen LogP contribution in [0.2, 0.25) is 0 Å². The third-order valence-corrected chi connectivity index (χ3v) is 11.5. The number of carbonyl (C=O) groups excluding carboxylic acids is 1. The molecule has 1 aromatic heterocycles. The zero-order chi connectivity index (χ0) is 37.0. The maximum atomic E-state index is 13.8. The Bertz CT molecular complexity index is 1850. The van der Waals surface area contributed by atoms with Gasteiger partial charge in [0.25, 0.3) is 5.91 Å². The van der Waals surface area contributed by atoms with Gasteiger partial charge in [-0.2, -0.15) is 0 Å². The predicted octanol–water partition coefficient (Wildman–Crippen LogP) is 8.43. The van der Waals surface area contributed by atoms with Crippen LogP contribution in [0.15, 0.2) is 83.5 Å². The molecule has 1 N–H and O–H groups in total. The predicted molar refractivity (Wildman–Crippen MR) is 214 cm³/mol. The molecule has 0 saturated carbocycles. The van der Waals surface area contributed by atoms with Crippen molar-refractivity contribution in [1.82, 2.24) is 9.55 Å². The minimum absolute atomic E-state index is 0.115. The van der Waals surface area contributed by atoms with Gasteiger partial charge in [-0.05, 0) is 123 Å². The number of hydrogen-bond acceptors (Lipinski definition) is 7. The lowest BCUT2D eigenvalue weighted by Gasteiger charge is -2.33. The van der Waals surface area contributed by atoms with Gasteiger partial charge in [0.1, 0.15) is 12.4 Å². The fourth-order valence-electron chi connectivity index (χ4n) is 6.98. The van der Waals surface area contributed by atoms with E-state index in [2.05, 4.69) is 65.5 Å². The van der Waals surface area contributed by atoms with E-state index in [1.807, 2.05) is 47.9 Å². The van der Waals surface area contributed by atoms with E-state index in [0.717, 1.165) is 122 Å². The molecule has 2 aliphatic rings. The van der Waals surface area contributed by atoms with Crippen LogP contribution in [0.1, 0.15) is 69.3 Å². The molecule has 0 radical (unpaired) electrons. The standard InChI is InChI=1S/C43H54N4O5S/c1-4-6-22-50-25-26-52-39-14-9-34(10-15-39)35-11-18-41-37(27-35)28-36(8-7-21-47(41)29-33-19-23-51-24-20-33)43(48)45-38-12-16-40(17-13-38)53(49)30-42-32(3)44-31-46(42)5-2/h9-18,27-28,31,33H,4-8,19-26,29-30H2,1-3H3,(H,45,48)/b36-28+/t53-/m0/s1. The highest BCUT2D eigenvalue weighted by Gasteiger charge is 2.23. The minimum Gasteiger partial charge on any atom is -0.491 e. The first-order valence-electron chi connectivity index (χ1n) is 19.2. The van der Waals surface area contributed by atoms with Gasteiger partial charge in [-0.25, -0.2) is 4.98 Å². The summed E-state index contributed by atoms with van der Waals surface area (Å²) in [4.78, 5) is 21.4. The van der Waals surface area contributed by atoms with Gasteiger partial charge in [0.2, 0.25) is 0 Å². The maximum Gasteiger partial charge on any atom is 0.251 e. The Morgan fingerprint density at radius 1 is 0.981 bits per heavy atom. The first-order valence-corrected chi connectivity index (χ1v) is 20.5. The molecule has 2 aliphatic heterocycles. The molecule has 0 bridgehead atoms. The van der Waals surface area contributed by atoms with E-state index < -0.39 is 10.8 Å². The summed E-state index contributed by atoms with van der Waals surface area (Å²) in [6.07, 6.45) is 9.75. The maximum absolute atomic E-state index is 13.8. The number of hydrogen-bond donors (Lipinski definition) is 1. The molecule has 3 heterocycles. The van der Waals surface area contributed by atoms with Gasteiger partial charge in [-0.3, -0.25) is 9.00 Å². The number of aromatic nitrogens is 2. The monoisotopic (exact) mass is 738 g/mol. The van der Waals surface area contributed by atoms with Crippen molar-refractivity contribution in [1.29, 1.82) is 0 Å². The van der Waals surface area contributed by atoms with E-state index in [-0.39, 0.29) is 5.91 Å². The van der Waals surface area contributed by atoms with Crippen LogP contribution in [0.4, 0.5) is 11.4 Å². The highest BCUT2D eigenvalue weighted by molar-refractivity contribution is 7.84. The topological polar surface area (TPSA) is 94.9 Å². The number of rotatable bonds is 16. The van der Waals surface area contributed by atoms with Crippen molar-refractivity contribution in [3.63, 3.8) is 0 Å². The van der Waals surface area contributed by atoms with Crippen LogP contribution in [0.5, 0.6) is 5.75 Å². The van der Waals surface area contributed by atoms with E-state index in [4.69, 9.17) is 14.2 Å². The molecule has 0 aliphatic carbocycles. The zero-order valence-corrected chi connectivity index (χ0v) is 32.3. The van der Waals surface area contributed by atoms with E-state index >= 15 is 0 Å². The number of nitrogens with one attached hydrogen (secondary N) is 1. The number of ether oxygens (including phenoxy) is 3. The van der Waals surface area contributed by atoms with Crippen LogP contribution in [0.25, 0.3) is 17.2 Å². The molecule has 1 amide bonds. The lowest BCUT2D eigenvalue weighted by atomic mass is 9.94. The fraction of sp³-hybridized carbons (Fsp3) is 0.442. The van der Waals surface area contributed by atoms with Crippen molar-refractivity contribution < 1.29 is 23.2 Å². The molecule has 4 aromatic rings. The number of imidazole rings is 1. The Morgan fingerprint density at radius 2 is 1.75 bits per heavy atom. The van der Waals surface area contributed by atoms with Crippen LogP contribution in [-0.2, 0) is 37.4 Å². The quantitative estimate of drug-likeness (QED) is 0.115. The number of benzene rings is 3. The highest BCUT2D eigenvalue weighted by Crippen LogP contribution is 2.34. The number of unbranched alkanes of at least 4 members (excludes halogenated alkanes) is 1. The normalized spacial score (nSPS) is 16.6. The first kappa shape index (κ1) is 38.5. The second-order valence-electron chi connectivity index (χ2n) is 13.9. The highest BCUT2D eigenvalue weighted by atomic mass is 32.2. The van der Waals surface area contributed by atoms with Crippen molar-refractivity contribution in [3.05, 3.63) is 95.6 Å². The van der Waals surface area contributed by atoms with Crippen LogP contribution in [0.3, 0.4) is 0 Å². The Morgan fingerprint density at radius 3 is 2.51 bits per heavy atom. The molecule has 3 aromatic carbocycles. The SMILES string of the molecule is CCCCOCCOc1ccc(-c2ccc3c(c2)/C=C(/C(=O)Nc2ccc([S@@](=O)Cc4c(C)ncn4CC)cc2)CCCN3CC2CCOCC2)cc1. The number of aryl methyl sites for hydroxylation is 2. The van der Waals surface area contributed by atoms with Gasteiger partial charge in [-0.1, -0.05) is 31.5 Å². The summed E-state index contributed by atoms with van der Waals surface area (Å²) in [5.74, 6) is 1.69. The van der Waals surface area contributed by atoms with Gasteiger partial charge in [0.15, 0.2) is 0 Å². The van der Waals surface area contributed by atoms with E-state index in [1.54, 1.807) is 6.33 Å². The smallest absolute Gasteiger partial charge is 0.251 e. The third kappa shape index (κ3) is 10.5. The number of amides is 1. The summed E-state index contributed by atoms with van der Waals surface area (Å²) in [5, 5.41) is 3.12. The Kier molecular flexibility index (Phi) is 13.9. The number of nitrogens with zero attached hydrogens (tertiary/aromatic N) is 3. The van der Waals surface area contributed by atoms with Gasteiger partial charge >= 0.3 is 0 Å². The molecule has 0 spiro atoms. The number of fused-ring (bicyclic) bond motifs is 1. The molecule has 1 saturated heterocycles. The largest absolute Gasteiger partial charge is 0.491 e. The molecule has 282 valence electrons. The van der Waals surface area contributed by atoms with Crippen molar-refractivity contribution in [2.45, 2.75) is 76.5 Å². The van der Waals surface area contributed by atoms with Crippen LogP contribution < -0.4 is 15.0 Å². The molecule has 1 atom stereocenters. The molecule has 9 nitrogen and oxygen atoms in total. The molecule has 1 fully saturated rings. The zero-order valence-electron chi connectivity index (χ0n) is 31.5. The Balaban J connectivity index is 1.18. The first-order chi connectivity index (χ1) is 25.9. The average Bonchev–Trinajstić information content (AvgIpc) is 3.53. The second kappa shape index (κ2) is 19.2. The lowest BCUT2D eigenvalue weighted by molar-refractivity contribution is -0.112. The summed E-state index contributed by atoms with van der Waals surface area (Å²) >= 11 is 0. The number of anilines is 2. The third-order valence-electron chi connectivity index (χ3n) is 10.1. The Labute approximate surface area is 317 Å². The molecule has 6 rings (SSSR count). The second-order valence-corrected chi connectivity index (χ2v) is 15.4. The van der Waals surface area contributed by atoms with Gasteiger partial charge in [0.05, 0.1) is 40.9 Å². The summed E-state index contributed by atoms with van der Waals surface area (Å²) in [6, 6.07) is 22.2. The minimum atomic E-state index is -1.23. The lowest BCUT2D eigenvalue weighted by Crippen LogP contribution is -2.34. The Hall–Kier alpha value is -4.25. The van der Waals surface area contributed by atoms with Gasteiger partial charge < -0.3 is 29.0 Å². The molecule has 10 heteroatoms. The molecular weight excluding hydrogens is 685 g/mol. The molecule has 53 heavy (non-hydrogen) atoms. The summed E-state index contributed by atoms with van der Waals surface area (Å²) in [6.45, 7) is 12.3. The van der Waals surface area contributed by atoms with Gasteiger partial charge in [-0.15, -0.1) is 0 Å². The van der Waals surface area contributed by atoms with Crippen molar-refractivity contribution in [2.24, 2.45) is 5.92 Å². The summed E-state index contributed by atoms with van der Waals surface area (Å²) in [7, 11) is -1.23. The van der Waals surface area contributed by atoms with Crippen molar-refractivity contribution >= 4 is 34.2 Å². The van der Waals surface area contributed by atoms with Gasteiger partial charge in [0, 0.05) is 61.3 Å².